The minimum atomic E-state index is -0.0599. The molecular formula is C23H25N5O. The minimum absolute atomic E-state index is 0.0599. The van der Waals surface area contributed by atoms with E-state index in [1.165, 1.54) is 16.8 Å². The maximum absolute atomic E-state index is 12.7. The average Bonchev–Trinajstić information content (AvgIpc) is 2.79. The molecule has 1 amide bonds. The van der Waals surface area contributed by atoms with E-state index in [1.807, 2.05) is 29.2 Å². The Morgan fingerprint density at radius 1 is 0.897 bits per heavy atom. The van der Waals surface area contributed by atoms with Gasteiger partial charge in [0.25, 0.3) is 5.91 Å². The van der Waals surface area contributed by atoms with Crippen LogP contribution in [0.1, 0.15) is 21.6 Å². The van der Waals surface area contributed by atoms with E-state index in [-0.39, 0.29) is 5.91 Å². The maximum atomic E-state index is 12.7. The largest absolute Gasteiger partial charge is 0.368 e. The Morgan fingerprint density at radius 2 is 1.62 bits per heavy atom. The minimum Gasteiger partial charge on any atom is -0.368 e. The third-order valence-corrected chi connectivity index (χ3v) is 5.17. The molecule has 1 aromatic heterocycles. The first-order valence-electron chi connectivity index (χ1n) is 9.91. The van der Waals surface area contributed by atoms with Crippen molar-refractivity contribution in [1.29, 1.82) is 0 Å². The van der Waals surface area contributed by atoms with Crippen LogP contribution >= 0.6 is 0 Å². The summed E-state index contributed by atoms with van der Waals surface area (Å²) in [6.07, 6.45) is 0. The molecule has 1 saturated heterocycles. The lowest BCUT2D eigenvalue weighted by molar-refractivity contribution is 0.0739. The monoisotopic (exact) mass is 387 g/mol. The molecule has 1 aliphatic rings. The zero-order valence-corrected chi connectivity index (χ0v) is 16.6. The summed E-state index contributed by atoms with van der Waals surface area (Å²) in [5, 5.41) is 11.6. The Bertz CT molecular complexity index is 933. The van der Waals surface area contributed by atoms with Gasteiger partial charge in [0.2, 0.25) is 0 Å². The lowest BCUT2D eigenvalue weighted by Crippen LogP contribution is -2.49. The second-order valence-corrected chi connectivity index (χ2v) is 7.26. The number of nitrogens with zero attached hydrogens (tertiary/aromatic N) is 4. The number of benzene rings is 2. The molecule has 29 heavy (non-hydrogen) atoms. The lowest BCUT2D eigenvalue weighted by atomic mass is 10.1. The van der Waals surface area contributed by atoms with Crippen molar-refractivity contribution in [1.82, 2.24) is 15.1 Å². The summed E-state index contributed by atoms with van der Waals surface area (Å²) in [7, 11) is 0. The quantitative estimate of drug-likeness (QED) is 0.727. The van der Waals surface area contributed by atoms with Crippen molar-refractivity contribution in [3.63, 3.8) is 0 Å². The first-order chi connectivity index (χ1) is 14.2. The number of aryl methyl sites for hydroxylation is 1. The number of amides is 1. The van der Waals surface area contributed by atoms with Crippen LogP contribution in [-0.4, -0.2) is 47.2 Å². The van der Waals surface area contributed by atoms with Crippen LogP contribution in [0.5, 0.6) is 0 Å². The van der Waals surface area contributed by atoms with Crippen LogP contribution in [0.4, 0.5) is 11.5 Å². The second kappa shape index (κ2) is 8.73. The first kappa shape index (κ1) is 18.9. The van der Waals surface area contributed by atoms with Crippen LogP contribution in [-0.2, 0) is 6.54 Å². The van der Waals surface area contributed by atoms with E-state index < -0.39 is 0 Å². The molecule has 0 saturated carbocycles. The van der Waals surface area contributed by atoms with E-state index in [0.29, 0.717) is 31.1 Å². The molecule has 6 nitrogen and oxygen atoms in total. The van der Waals surface area contributed by atoms with Gasteiger partial charge < -0.3 is 15.1 Å². The van der Waals surface area contributed by atoms with E-state index in [1.54, 1.807) is 6.07 Å². The van der Waals surface area contributed by atoms with Crippen molar-refractivity contribution in [3.8, 4) is 0 Å². The van der Waals surface area contributed by atoms with Gasteiger partial charge in [-0.05, 0) is 36.8 Å². The fourth-order valence-corrected chi connectivity index (χ4v) is 3.41. The fourth-order valence-electron chi connectivity index (χ4n) is 3.41. The summed E-state index contributed by atoms with van der Waals surface area (Å²) >= 11 is 0. The van der Waals surface area contributed by atoms with Crippen LogP contribution < -0.4 is 10.2 Å². The van der Waals surface area contributed by atoms with Crippen molar-refractivity contribution < 1.29 is 4.79 Å². The molecule has 148 valence electrons. The normalized spacial score (nSPS) is 14.0. The molecule has 0 radical (unpaired) electrons. The summed E-state index contributed by atoms with van der Waals surface area (Å²) in [6, 6.07) is 22.2. The van der Waals surface area contributed by atoms with Crippen LogP contribution in [0.3, 0.4) is 0 Å². The van der Waals surface area contributed by atoms with Gasteiger partial charge in [0.15, 0.2) is 5.69 Å². The molecular weight excluding hydrogens is 362 g/mol. The van der Waals surface area contributed by atoms with E-state index in [9.17, 15) is 4.79 Å². The molecule has 0 unspecified atom stereocenters. The van der Waals surface area contributed by atoms with Gasteiger partial charge in [-0.1, -0.05) is 48.0 Å². The maximum Gasteiger partial charge on any atom is 0.274 e. The average molecular weight is 387 g/mol. The molecule has 0 spiro atoms. The van der Waals surface area contributed by atoms with Crippen LogP contribution in [0.2, 0.25) is 0 Å². The highest BCUT2D eigenvalue weighted by atomic mass is 16.2. The predicted octanol–water partition coefficient (Wildman–Crippen LogP) is 3.36. The summed E-state index contributed by atoms with van der Waals surface area (Å²) in [6.45, 7) is 5.74. The molecule has 1 aliphatic heterocycles. The van der Waals surface area contributed by atoms with E-state index >= 15 is 0 Å². The van der Waals surface area contributed by atoms with Crippen LogP contribution in [0, 0.1) is 6.92 Å². The molecule has 2 aromatic carbocycles. The zero-order valence-electron chi connectivity index (χ0n) is 16.6. The number of rotatable bonds is 5. The Kier molecular flexibility index (Phi) is 5.70. The molecule has 1 fully saturated rings. The van der Waals surface area contributed by atoms with Crippen molar-refractivity contribution in [3.05, 3.63) is 83.6 Å². The Hall–Kier alpha value is -3.41. The molecule has 0 bridgehead atoms. The van der Waals surface area contributed by atoms with Crippen molar-refractivity contribution in [2.75, 3.05) is 36.4 Å². The Morgan fingerprint density at radius 3 is 2.28 bits per heavy atom. The summed E-state index contributed by atoms with van der Waals surface area (Å²) < 4.78 is 0. The number of aromatic nitrogens is 2. The topological polar surface area (TPSA) is 61.4 Å². The van der Waals surface area contributed by atoms with Gasteiger partial charge in [-0.15, -0.1) is 10.2 Å². The number of para-hydroxylation sites is 1. The van der Waals surface area contributed by atoms with Gasteiger partial charge in [0, 0.05) is 38.4 Å². The molecule has 4 rings (SSSR count). The van der Waals surface area contributed by atoms with Gasteiger partial charge in [0.1, 0.15) is 5.82 Å². The number of nitrogens with one attached hydrogen (secondary N) is 1. The Balaban J connectivity index is 1.31. The van der Waals surface area contributed by atoms with Gasteiger partial charge >= 0.3 is 0 Å². The summed E-state index contributed by atoms with van der Waals surface area (Å²) in [5.41, 5.74) is 4.00. The van der Waals surface area contributed by atoms with Crippen molar-refractivity contribution in [2.45, 2.75) is 13.5 Å². The fraction of sp³-hybridized carbons (Fsp3) is 0.261. The number of hydrogen-bond acceptors (Lipinski definition) is 5. The molecule has 2 heterocycles. The molecule has 0 aliphatic carbocycles. The molecule has 0 atom stereocenters. The van der Waals surface area contributed by atoms with Crippen molar-refractivity contribution in [2.24, 2.45) is 0 Å². The highest BCUT2D eigenvalue weighted by molar-refractivity contribution is 5.92. The van der Waals surface area contributed by atoms with E-state index in [2.05, 4.69) is 63.7 Å². The second-order valence-electron chi connectivity index (χ2n) is 7.26. The van der Waals surface area contributed by atoms with E-state index in [4.69, 9.17) is 0 Å². The first-order valence-corrected chi connectivity index (χ1v) is 9.91. The van der Waals surface area contributed by atoms with Gasteiger partial charge in [0.05, 0.1) is 0 Å². The van der Waals surface area contributed by atoms with Crippen molar-refractivity contribution >= 4 is 17.4 Å². The Labute approximate surface area is 171 Å². The highest BCUT2D eigenvalue weighted by Gasteiger charge is 2.23. The van der Waals surface area contributed by atoms with Gasteiger partial charge in [-0.2, -0.15) is 0 Å². The summed E-state index contributed by atoms with van der Waals surface area (Å²) in [4.78, 5) is 16.9. The van der Waals surface area contributed by atoms with Gasteiger partial charge in [-0.3, -0.25) is 4.79 Å². The number of carbonyl (C=O) groups is 1. The molecule has 3 aromatic rings. The highest BCUT2D eigenvalue weighted by Crippen LogP contribution is 2.16. The van der Waals surface area contributed by atoms with Crippen LogP contribution in [0.15, 0.2) is 66.7 Å². The lowest BCUT2D eigenvalue weighted by Gasteiger charge is -2.35. The number of hydrogen-bond donors (Lipinski definition) is 1. The van der Waals surface area contributed by atoms with E-state index in [0.717, 1.165) is 13.1 Å². The smallest absolute Gasteiger partial charge is 0.274 e. The molecule has 1 N–H and O–H groups in total. The molecule has 6 heteroatoms. The standard InChI is InChI=1S/C23H25N5O/c1-18-7-9-19(10-8-18)17-24-22-12-11-21(25-26-22)23(29)28-15-13-27(14-16-28)20-5-3-2-4-6-20/h2-12H,13-17H2,1H3,(H,24,26). The zero-order chi connectivity index (χ0) is 20.1. The third kappa shape index (κ3) is 4.71. The number of piperazine rings is 1. The predicted molar refractivity (Wildman–Crippen MR) is 115 cm³/mol. The number of carbonyl (C=O) groups excluding carboxylic acids is 1. The van der Waals surface area contributed by atoms with Crippen LogP contribution in [0.25, 0.3) is 0 Å². The third-order valence-electron chi connectivity index (χ3n) is 5.17. The summed E-state index contributed by atoms with van der Waals surface area (Å²) in [5.74, 6) is 0.603. The SMILES string of the molecule is Cc1ccc(CNc2ccc(C(=O)N3CCN(c4ccccc4)CC3)nn2)cc1. The van der Waals surface area contributed by atoms with Gasteiger partial charge in [-0.25, -0.2) is 0 Å². The number of anilines is 2.